The lowest BCUT2D eigenvalue weighted by molar-refractivity contribution is 0.0558. The third kappa shape index (κ3) is 1.58. The fourth-order valence-corrected chi connectivity index (χ4v) is 2.46. The number of ether oxygens (including phenoxy) is 1. The molecule has 0 radical (unpaired) electrons. The van der Waals surface area contributed by atoms with Crippen LogP contribution in [0, 0.1) is 5.92 Å². The molecule has 3 aliphatic heterocycles. The Morgan fingerprint density at radius 1 is 1.47 bits per heavy atom. The Kier molecular flexibility index (Phi) is 2.25. The van der Waals surface area contributed by atoms with E-state index < -0.39 is 0 Å². The number of fused-ring (bicyclic) bond motifs is 1. The molecule has 0 bridgehead atoms. The number of nitrogens with zero attached hydrogens (tertiary/aromatic N) is 2. The van der Waals surface area contributed by atoms with E-state index in [1.807, 2.05) is 0 Å². The SMILES string of the molecule is CN1CCC=C(C2=NO[C@@H]3COC[C@H]23)C1. The Labute approximate surface area is 89.5 Å². The third-order valence-corrected chi connectivity index (χ3v) is 3.34. The normalized spacial score (nSPS) is 35.8. The average Bonchev–Trinajstić information content (AvgIpc) is 2.77. The van der Waals surface area contributed by atoms with Gasteiger partial charge in [-0.3, -0.25) is 0 Å². The van der Waals surface area contributed by atoms with E-state index in [1.165, 1.54) is 5.57 Å². The first-order valence-corrected chi connectivity index (χ1v) is 5.54. The highest BCUT2D eigenvalue weighted by Crippen LogP contribution is 2.29. The van der Waals surface area contributed by atoms with Crippen LogP contribution in [0.1, 0.15) is 6.42 Å². The highest BCUT2D eigenvalue weighted by atomic mass is 16.7. The molecule has 3 rings (SSSR count). The van der Waals surface area contributed by atoms with E-state index in [1.54, 1.807) is 0 Å². The molecule has 0 aromatic heterocycles. The Balaban J connectivity index is 1.79. The Hall–Kier alpha value is -0.870. The summed E-state index contributed by atoms with van der Waals surface area (Å²) in [4.78, 5) is 7.70. The molecule has 0 aromatic carbocycles. The highest BCUT2D eigenvalue weighted by Gasteiger charge is 2.40. The summed E-state index contributed by atoms with van der Waals surface area (Å²) >= 11 is 0. The van der Waals surface area contributed by atoms with Crippen LogP contribution in [-0.4, -0.2) is 50.1 Å². The maximum atomic E-state index is 5.41. The first kappa shape index (κ1) is 9.36. The summed E-state index contributed by atoms with van der Waals surface area (Å²) in [6.07, 6.45) is 3.58. The number of rotatable bonds is 1. The molecule has 15 heavy (non-hydrogen) atoms. The maximum Gasteiger partial charge on any atom is 0.161 e. The van der Waals surface area contributed by atoms with Crippen molar-refractivity contribution in [3.8, 4) is 0 Å². The van der Waals surface area contributed by atoms with E-state index in [2.05, 4.69) is 23.2 Å². The van der Waals surface area contributed by atoms with Gasteiger partial charge < -0.3 is 14.5 Å². The summed E-state index contributed by atoms with van der Waals surface area (Å²) in [5, 5.41) is 4.22. The lowest BCUT2D eigenvalue weighted by atomic mass is 9.92. The minimum absolute atomic E-state index is 0.174. The van der Waals surface area contributed by atoms with Crippen molar-refractivity contribution in [3.05, 3.63) is 11.6 Å². The lowest BCUT2D eigenvalue weighted by Gasteiger charge is -2.23. The van der Waals surface area contributed by atoms with Gasteiger partial charge in [-0.15, -0.1) is 0 Å². The molecular weight excluding hydrogens is 192 g/mol. The maximum absolute atomic E-state index is 5.41. The van der Waals surface area contributed by atoms with Crippen LogP contribution in [-0.2, 0) is 9.57 Å². The van der Waals surface area contributed by atoms with Gasteiger partial charge in [-0.25, -0.2) is 0 Å². The van der Waals surface area contributed by atoms with Gasteiger partial charge in [0, 0.05) is 13.1 Å². The van der Waals surface area contributed by atoms with Gasteiger partial charge in [-0.05, 0) is 19.0 Å². The van der Waals surface area contributed by atoms with Crippen molar-refractivity contribution < 1.29 is 9.57 Å². The second kappa shape index (κ2) is 3.61. The van der Waals surface area contributed by atoms with Crippen LogP contribution in [0.15, 0.2) is 16.8 Å². The van der Waals surface area contributed by atoms with Crippen molar-refractivity contribution in [2.45, 2.75) is 12.5 Å². The van der Waals surface area contributed by atoms with E-state index in [0.29, 0.717) is 12.5 Å². The molecule has 0 spiro atoms. The number of hydrogen-bond donors (Lipinski definition) is 0. The Morgan fingerprint density at radius 3 is 3.27 bits per heavy atom. The van der Waals surface area contributed by atoms with Crippen molar-refractivity contribution >= 4 is 5.71 Å². The molecule has 3 heterocycles. The largest absolute Gasteiger partial charge is 0.389 e. The quantitative estimate of drug-likeness (QED) is 0.634. The minimum Gasteiger partial charge on any atom is -0.389 e. The van der Waals surface area contributed by atoms with Crippen LogP contribution in [0.2, 0.25) is 0 Å². The van der Waals surface area contributed by atoms with Crippen molar-refractivity contribution in [1.29, 1.82) is 0 Å². The summed E-state index contributed by atoms with van der Waals surface area (Å²) in [7, 11) is 2.14. The van der Waals surface area contributed by atoms with E-state index >= 15 is 0 Å². The van der Waals surface area contributed by atoms with Gasteiger partial charge >= 0.3 is 0 Å². The average molecular weight is 208 g/mol. The molecule has 1 fully saturated rings. The van der Waals surface area contributed by atoms with E-state index in [0.717, 1.165) is 31.8 Å². The zero-order chi connectivity index (χ0) is 10.3. The molecule has 3 aliphatic rings. The van der Waals surface area contributed by atoms with Gasteiger partial charge in [-0.1, -0.05) is 11.2 Å². The van der Waals surface area contributed by atoms with Crippen molar-refractivity contribution in [2.75, 3.05) is 33.4 Å². The van der Waals surface area contributed by atoms with Crippen molar-refractivity contribution in [2.24, 2.45) is 11.1 Å². The molecule has 82 valence electrons. The van der Waals surface area contributed by atoms with E-state index in [4.69, 9.17) is 9.57 Å². The molecule has 2 atom stereocenters. The molecular formula is C11H16N2O2. The zero-order valence-electron chi connectivity index (χ0n) is 8.98. The summed E-state index contributed by atoms with van der Waals surface area (Å²) in [5.41, 5.74) is 2.46. The topological polar surface area (TPSA) is 34.1 Å². The van der Waals surface area contributed by atoms with Gasteiger partial charge in [0.2, 0.25) is 0 Å². The van der Waals surface area contributed by atoms with Crippen LogP contribution in [0.4, 0.5) is 0 Å². The first-order chi connectivity index (χ1) is 7.34. The Morgan fingerprint density at radius 2 is 2.40 bits per heavy atom. The zero-order valence-corrected chi connectivity index (χ0v) is 8.98. The highest BCUT2D eigenvalue weighted by molar-refractivity contribution is 6.03. The molecule has 4 heteroatoms. The second-order valence-electron chi connectivity index (χ2n) is 4.52. The summed E-state index contributed by atoms with van der Waals surface area (Å²) in [5.74, 6) is 0.378. The van der Waals surface area contributed by atoms with Crippen LogP contribution in [0.3, 0.4) is 0 Å². The fraction of sp³-hybridized carbons (Fsp3) is 0.727. The fourth-order valence-electron chi connectivity index (χ4n) is 2.46. The molecule has 4 nitrogen and oxygen atoms in total. The Bertz CT molecular complexity index is 325. The monoisotopic (exact) mass is 208 g/mol. The standard InChI is InChI=1S/C11H16N2O2/c1-13-4-2-3-8(5-13)11-9-6-14-7-10(9)15-12-11/h3,9-10H,2,4-7H2,1H3/t9-,10+/m0/s1. The van der Waals surface area contributed by atoms with Crippen molar-refractivity contribution in [3.63, 3.8) is 0 Å². The number of hydrogen-bond acceptors (Lipinski definition) is 4. The van der Waals surface area contributed by atoms with E-state index in [9.17, 15) is 0 Å². The predicted molar refractivity (Wildman–Crippen MR) is 56.8 cm³/mol. The van der Waals surface area contributed by atoms with Gasteiger partial charge in [0.25, 0.3) is 0 Å². The molecule has 1 saturated heterocycles. The molecule has 0 saturated carbocycles. The summed E-state index contributed by atoms with van der Waals surface area (Å²) < 4.78 is 5.41. The van der Waals surface area contributed by atoms with Gasteiger partial charge in [0.05, 0.1) is 24.8 Å². The van der Waals surface area contributed by atoms with Crippen LogP contribution >= 0.6 is 0 Å². The van der Waals surface area contributed by atoms with Crippen LogP contribution in [0.5, 0.6) is 0 Å². The molecule has 0 aliphatic carbocycles. The molecule has 0 unspecified atom stereocenters. The van der Waals surface area contributed by atoms with Crippen LogP contribution < -0.4 is 0 Å². The summed E-state index contributed by atoms with van der Waals surface area (Å²) in [6.45, 7) is 3.60. The van der Waals surface area contributed by atoms with E-state index in [-0.39, 0.29) is 6.10 Å². The van der Waals surface area contributed by atoms with Gasteiger partial charge in [0.1, 0.15) is 0 Å². The minimum atomic E-state index is 0.174. The molecule has 0 N–H and O–H groups in total. The summed E-state index contributed by atoms with van der Waals surface area (Å²) in [6, 6.07) is 0. The van der Waals surface area contributed by atoms with Gasteiger partial charge in [0.15, 0.2) is 6.10 Å². The third-order valence-electron chi connectivity index (χ3n) is 3.34. The van der Waals surface area contributed by atoms with Crippen molar-refractivity contribution in [1.82, 2.24) is 4.90 Å². The molecule has 0 amide bonds. The first-order valence-electron chi connectivity index (χ1n) is 5.54. The second-order valence-corrected chi connectivity index (χ2v) is 4.52. The molecule has 0 aromatic rings. The predicted octanol–water partition coefficient (Wildman–Crippen LogP) is 0.649. The number of oxime groups is 1. The van der Waals surface area contributed by atoms with Crippen LogP contribution in [0.25, 0.3) is 0 Å². The number of likely N-dealkylation sites (N-methyl/N-ethyl adjacent to an activating group) is 1. The smallest absolute Gasteiger partial charge is 0.161 e. The van der Waals surface area contributed by atoms with Gasteiger partial charge in [-0.2, -0.15) is 0 Å². The lowest BCUT2D eigenvalue weighted by Crippen LogP contribution is -2.32.